The maximum atomic E-state index is 12.2. The summed E-state index contributed by atoms with van der Waals surface area (Å²) in [6, 6.07) is 0. The van der Waals surface area contributed by atoms with E-state index >= 15 is 0 Å². The summed E-state index contributed by atoms with van der Waals surface area (Å²) >= 11 is 0. The van der Waals surface area contributed by atoms with Crippen LogP contribution in [-0.4, -0.2) is 36.1 Å². The minimum absolute atomic E-state index is 0.160. The van der Waals surface area contributed by atoms with Crippen LogP contribution in [0.5, 0.6) is 0 Å². The van der Waals surface area contributed by atoms with Crippen LogP contribution in [0.1, 0.15) is 142 Å². The highest BCUT2D eigenvalue weighted by Crippen LogP contribution is 2.20. The zero-order chi connectivity index (χ0) is 25.7. The molecular weight excluding hydrogens is 448 g/mol. The van der Waals surface area contributed by atoms with Crippen LogP contribution < -0.4 is 0 Å². The van der Waals surface area contributed by atoms with Crippen molar-refractivity contribution in [2.75, 3.05) is 0 Å². The van der Waals surface area contributed by atoms with Gasteiger partial charge in [-0.2, -0.15) is 0 Å². The summed E-state index contributed by atoms with van der Waals surface area (Å²) in [6.07, 6.45) is 17.4. The predicted molar refractivity (Wildman–Crippen MR) is 135 cm³/mol. The largest absolute Gasteiger partial charge is 0.446 e. The van der Waals surface area contributed by atoms with Crippen molar-refractivity contribution < 1.29 is 33.4 Å². The summed E-state index contributed by atoms with van der Waals surface area (Å²) in [6.45, 7) is 4.40. The predicted octanol–water partition coefficient (Wildman–Crippen LogP) is 6.74. The maximum Gasteiger partial charge on any atom is 0.359 e. The molecule has 35 heavy (non-hydrogen) atoms. The summed E-state index contributed by atoms with van der Waals surface area (Å²) in [5, 5.41) is 0. The number of hydrogen-bond donors (Lipinski definition) is 0. The van der Waals surface area contributed by atoms with Gasteiger partial charge in [0.2, 0.25) is 12.2 Å². The third-order valence-corrected chi connectivity index (χ3v) is 6.43. The number of carbonyl (C=O) groups excluding carboxylic acids is 4. The lowest BCUT2D eigenvalue weighted by Gasteiger charge is -2.15. The van der Waals surface area contributed by atoms with Gasteiger partial charge in [-0.3, -0.25) is 9.59 Å². The molecule has 0 radical (unpaired) electrons. The van der Waals surface area contributed by atoms with Gasteiger partial charge in [0.05, 0.1) is 0 Å². The van der Waals surface area contributed by atoms with Crippen LogP contribution in [0.2, 0.25) is 0 Å². The summed E-state index contributed by atoms with van der Waals surface area (Å²) in [7, 11) is 0. The van der Waals surface area contributed by atoms with E-state index < -0.39 is 36.1 Å². The monoisotopic (exact) mass is 496 g/mol. The molecule has 0 bridgehead atoms. The van der Waals surface area contributed by atoms with E-state index in [-0.39, 0.29) is 12.8 Å². The van der Waals surface area contributed by atoms with E-state index in [0.717, 1.165) is 38.5 Å². The molecule has 2 atom stereocenters. The Morgan fingerprint density at radius 2 is 0.829 bits per heavy atom. The molecule has 1 heterocycles. The smallest absolute Gasteiger partial charge is 0.359 e. The Bertz CT molecular complexity index is 564. The van der Waals surface area contributed by atoms with E-state index in [0.29, 0.717) is 12.8 Å². The second-order valence-corrected chi connectivity index (χ2v) is 9.72. The van der Waals surface area contributed by atoms with Crippen molar-refractivity contribution >= 4 is 23.9 Å². The molecule has 1 rings (SSSR count). The third kappa shape index (κ3) is 14.9. The van der Waals surface area contributed by atoms with Crippen molar-refractivity contribution in [3.8, 4) is 0 Å². The van der Waals surface area contributed by atoms with Crippen molar-refractivity contribution in [3.05, 3.63) is 0 Å². The molecule has 1 aliphatic rings. The van der Waals surface area contributed by atoms with Crippen LogP contribution in [-0.2, 0) is 33.4 Å². The highest BCUT2D eigenvalue weighted by atomic mass is 16.7. The van der Waals surface area contributed by atoms with Gasteiger partial charge in [-0.1, -0.05) is 117 Å². The Hall–Kier alpha value is -1.92. The quantitative estimate of drug-likeness (QED) is 0.0709. The van der Waals surface area contributed by atoms with Crippen LogP contribution in [0, 0.1) is 0 Å². The minimum Gasteiger partial charge on any atom is -0.446 e. The highest BCUT2D eigenvalue weighted by Gasteiger charge is 2.50. The van der Waals surface area contributed by atoms with Gasteiger partial charge in [0.25, 0.3) is 0 Å². The fourth-order valence-corrected chi connectivity index (χ4v) is 4.24. The van der Waals surface area contributed by atoms with Gasteiger partial charge in [0.15, 0.2) is 0 Å². The van der Waals surface area contributed by atoms with Crippen molar-refractivity contribution in [1.82, 2.24) is 0 Å². The molecule has 7 heteroatoms. The Morgan fingerprint density at radius 1 is 0.543 bits per heavy atom. The Kier molecular flexibility index (Phi) is 18.0. The molecule has 202 valence electrons. The zero-order valence-electron chi connectivity index (χ0n) is 22.2. The second kappa shape index (κ2) is 20.3. The molecule has 0 saturated carbocycles. The van der Waals surface area contributed by atoms with E-state index in [2.05, 4.69) is 18.6 Å². The maximum absolute atomic E-state index is 12.2. The third-order valence-electron chi connectivity index (χ3n) is 6.43. The Labute approximate surface area is 212 Å². The van der Waals surface area contributed by atoms with Crippen LogP contribution in [0.4, 0.5) is 0 Å². The van der Waals surface area contributed by atoms with Crippen LogP contribution in [0.25, 0.3) is 0 Å². The number of carbonyl (C=O) groups is 4. The van der Waals surface area contributed by atoms with Gasteiger partial charge in [0.1, 0.15) is 0 Å². The van der Waals surface area contributed by atoms with Gasteiger partial charge < -0.3 is 14.2 Å². The lowest BCUT2D eigenvalue weighted by atomic mass is 10.1. The summed E-state index contributed by atoms with van der Waals surface area (Å²) in [5.41, 5.74) is 0. The van der Waals surface area contributed by atoms with Crippen LogP contribution in [0.3, 0.4) is 0 Å². The van der Waals surface area contributed by atoms with E-state index in [1.165, 1.54) is 64.2 Å². The van der Waals surface area contributed by atoms with Gasteiger partial charge in [-0.05, 0) is 12.8 Å². The van der Waals surface area contributed by atoms with E-state index in [4.69, 9.17) is 9.47 Å². The standard InChI is InChI=1S/C28H48O7/c1-3-5-7-9-11-13-15-17-19-21-23(29)33-25-26(28(32)35-27(25)31)34-24(30)22-20-18-16-14-12-10-8-6-4-2/h25-26H,3-22H2,1-2H3/t25-,26-/m1/s1. The number of ether oxygens (including phenoxy) is 3. The molecule has 0 unspecified atom stereocenters. The average molecular weight is 497 g/mol. The number of unbranched alkanes of at least 4 members (excludes halogenated alkanes) is 16. The SMILES string of the molecule is CCCCCCCCCCCC(=O)O[C@H]1C(=O)OC(=O)[C@@H]1OC(=O)CCCCCCCCCCC. The number of hydrogen-bond acceptors (Lipinski definition) is 7. The molecule has 1 aliphatic heterocycles. The van der Waals surface area contributed by atoms with Crippen LogP contribution in [0.15, 0.2) is 0 Å². The summed E-state index contributed by atoms with van der Waals surface area (Å²) < 4.78 is 14.9. The molecule has 0 amide bonds. The van der Waals surface area contributed by atoms with E-state index in [1.54, 1.807) is 0 Å². The highest BCUT2D eigenvalue weighted by molar-refractivity contribution is 6.01. The Morgan fingerprint density at radius 3 is 1.14 bits per heavy atom. The van der Waals surface area contributed by atoms with Crippen molar-refractivity contribution in [2.45, 2.75) is 154 Å². The molecule has 0 aromatic carbocycles. The second-order valence-electron chi connectivity index (χ2n) is 9.72. The fraction of sp³-hybridized carbons (Fsp3) is 0.857. The van der Waals surface area contributed by atoms with Gasteiger partial charge >= 0.3 is 23.9 Å². The molecule has 1 saturated heterocycles. The van der Waals surface area contributed by atoms with Crippen LogP contribution >= 0.6 is 0 Å². The summed E-state index contributed by atoms with van der Waals surface area (Å²) in [4.78, 5) is 48.2. The van der Waals surface area contributed by atoms with Gasteiger partial charge in [-0.15, -0.1) is 0 Å². The van der Waals surface area contributed by atoms with E-state index in [1.807, 2.05) is 0 Å². The number of esters is 4. The first kappa shape index (κ1) is 31.1. The van der Waals surface area contributed by atoms with E-state index in [9.17, 15) is 19.2 Å². The molecule has 0 aromatic rings. The van der Waals surface area contributed by atoms with Gasteiger partial charge in [0, 0.05) is 12.8 Å². The zero-order valence-corrected chi connectivity index (χ0v) is 22.2. The number of rotatable bonds is 22. The average Bonchev–Trinajstić information content (AvgIpc) is 3.08. The lowest BCUT2D eigenvalue weighted by molar-refractivity contribution is -0.169. The number of cyclic esters (lactones) is 2. The van der Waals surface area contributed by atoms with Crippen molar-refractivity contribution in [3.63, 3.8) is 0 Å². The molecule has 7 nitrogen and oxygen atoms in total. The molecule has 0 aliphatic carbocycles. The Balaban J connectivity index is 2.21. The fourth-order valence-electron chi connectivity index (χ4n) is 4.24. The molecule has 0 N–H and O–H groups in total. The molecular formula is C28H48O7. The first-order valence-corrected chi connectivity index (χ1v) is 14.1. The summed E-state index contributed by atoms with van der Waals surface area (Å²) in [5.74, 6) is -3.11. The van der Waals surface area contributed by atoms with Gasteiger partial charge in [-0.25, -0.2) is 9.59 Å². The minimum atomic E-state index is -1.50. The lowest BCUT2D eigenvalue weighted by Crippen LogP contribution is -2.37. The molecule has 0 spiro atoms. The van der Waals surface area contributed by atoms with Crippen molar-refractivity contribution in [2.24, 2.45) is 0 Å². The van der Waals surface area contributed by atoms with Crippen molar-refractivity contribution in [1.29, 1.82) is 0 Å². The normalized spacial score (nSPS) is 17.4. The molecule has 1 fully saturated rings. The molecule has 0 aromatic heterocycles. The first-order valence-electron chi connectivity index (χ1n) is 14.1. The topological polar surface area (TPSA) is 96.0 Å². The first-order chi connectivity index (χ1) is 17.0.